The van der Waals surface area contributed by atoms with Crippen LogP contribution in [0.3, 0.4) is 0 Å². The lowest BCUT2D eigenvalue weighted by Gasteiger charge is -2.32. The van der Waals surface area contributed by atoms with E-state index in [1.807, 2.05) is 6.92 Å². The number of hydrogen-bond donors (Lipinski definition) is 1. The van der Waals surface area contributed by atoms with Crippen LogP contribution >= 0.6 is 11.6 Å². The first kappa shape index (κ1) is 18.5. The average molecular weight is 385 g/mol. The lowest BCUT2D eigenvalue weighted by Crippen LogP contribution is -2.52. The SMILES string of the molecule is CC[C@@H](C(=O)N[C@@H]1C[C@H]2CC[C@H]1C2)N(c1ccc(Cl)cc1)S(C)(=O)=O. The Kier molecular flexibility index (Phi) is 5.30. The van der Waals surface area contributed by atoms with Crippen LogP contribution in [-0.2, 0) is 14.8 Å². The highest BCUT2D eigenvalue weighted by atomic mass is 35.5. The molecule has 1 aromatic rings. The van der Waals surface area contributed by atoms with Crippen molar-refractivity contribution in [2.75, 3.05) is 10.6 Å². The molecule has 0 spiro atoms. The molecule has 0 saturated heterocycles. The zero-order valence-corrected chi connectivity index (χ0v) is 16.2. The summed E-state index contributed by atoms with van der Waals surface area (Å²) in [6, 6.07) is 5.97. The topological polar surface area (TPSA) is 66.5 Å². The second-order valence-electron chi connectivity index (χ2n) is 7.25. The van der Waals surface area contributed by atoms with E-state index in [2.05, 4.69) is 5.32 Å². The van der Waals surface area contributed by atoms with Crippen LogP contribution in [0.1, 0.15) is 39.0 Å². The standard InChI is InChI=1S/C18H25ClN2O3S/c1-3-17(18(22)20-16-11-12-4-5-13(16)10-12)21(25(2,23)24)15-8-6-14(19)7-9-15/h6-9,12-13,16-17H,3-5,10-11H2,1-2H3,(H,20,22)/t12-,13-,16+,17-/m0/s1. The Morgan fingerprint density at radius 3 is 2.44 bits per heavy atom. The predicted molar refractivity (Wildman–Crippen MR) is 100 cm³/mol. The maximum atomic E-state index is 12.9. The Morgan fingerprint density at radius 1 is 1.28 bits per heavy atom. The summed E-state index contributed by atoms with van der Waals surface area (Å²) in [4.78, 5) is 12.9. The number of halogens is 1. The zero-order valence-electron chi connectivity index (χ0n) is 14.6. The molecular weight excluding hydrogens is 360 g/mol. The van der Waals surface area contributed by atoms with Crippen molar-refractivity contribution in [1.29, 1.82) is 0 Å². The van der Waals surface area contributed by atoms with Crippen LogP contribution in [0.2, 0.25) is 5.02 Å². The number of hydrogen-bond acceptors (Lipinski definition) is 3. The van der Waals surface area contributed by atoms with Crippen molar-refractivity contribution in [3.05, 3.63) is 29.3 Å². The summed E-state index contributed by atoms with van der Waals surface area (Å²) < 4.78 is 26.0. The molecule has 0 unspecified atom stereocenters. The molecule has 1 amide bonds. The van der Waals surface area contributed by atoms with Gasteiger partial charge in [0.15, 0.2) is 0 Å². The van der Waals surface area contributed by atoms with E-state index in [0.717, 1.165) is 18.6 Å². The maximum Gasteiger partial charge on any atom is 0.244 e. The fraction of sp³-hybridized carbons (Fsp3) is 0.611. The largest absolute Gasteiger partial charge is 0.351 e. The molecule has 2 saturated carbocycles. The van der Waals surface area contributed by atoms with E-state index < -0.39 is 16.1 Å². The van der Waals surface area contributed by atoms with Crippen LogP contribution in [0.25, 0.3) is 0 Å². The number of rotatable bonds is 6. The Balaban J connectivity index is 1.82. The number of carbonyl (C=O) groups excluding carboxylic acids is 1. The van der Waals surface area contributed by atoms with Crippen molar-refractivity contribution in [1.82, 2.24) is 5.32 Å². The molecule has 2 fully saturated rings. The van der Waals surface area contributed by atoms with Gasteiger partial charge in [-0.3, -0.25) is 9.10 Å². The number of sulfonamides is 1. The highest BCUT2D eigenvalue weighted by molar-refractivity contribution is 7.92. The van der Waals surface area contributed by atoms with E-state index in [1.165, 1.54) is 23.6 Å². The van der Waals surface area contributed by atoms with Crippen molar-refractivity contribution >= 4 is 33.2 Å². The van der Waals surface area contributed by atoms with Crippen LogP contribution in [0.5, 0.6) is 0 Å². The summed E-state index contributed by atoms with van der Waals surface area (Å²) in [6.45, 7) is 1.83. The number of nitrogens with one attached hydrogen (secondary N) is 1. The summed E-state index contributed by atoms with van der Waals surface area (Å²) in [5.74, 6) is 1.06. The normalized spacial score (nSPS) is 26.4. The van der Waals surface area contributed by atoms with Gasteiger partial charge in [-0.15, -0.1) is 0 Å². The molecule has 0 radical (unpaired) electrons. The van der Waals surface area contributed by atoms with E-state index >= 15 is 0 Å². The molecule has 25 heavy (non-hydrogen) atoms. The first-order chi connectivity index (χ1) is 11.8. The van der Waals surface area contributed by atoms with Gasteiger partial charge in [0.2, 0.25) is 15.9 Å². The summed E-state index contributed by atoms with van der Waals surface area (Å²) in [6.07, 6.45) is 6.17. The minimum absolute atomic E-state index is 0.187. The Morgan fingerprint density at radius 2 is 1.96 bits per heavy atom. The van der Waals surface area contributed by atoms with Crippen LogP contribution in [0.15, 0.2) is 24.3 Å². The van der Waals surface area contributed by atoms with E-state index in [9.17, 15) is 13.2 Å². The van der Waals surface area contributed by atoms with Gasteiger partial charge in [-0.25, -0.2) is 8.42 Å². The van der Waals surface area contributed by atoms with Gasteiger partial charge in [0, 0.05) is 11.1 Å². The van der Waals surface area contributed by atoms with Gasteiger partial charge in [-0.1, -0.05) is 24.9 Å². The van der Waals surface area contributed by atoms with E-state index in [4.69, 9.17) is 11.6 Å². The third kappa shape index (κ3) is 3.95. The number of carbonyl (C=O) groups is 1. The molecule has 2 bridgehead atoms. The third-order valence-electron chi connectivity index (χ3n) is 5.48. The second-order valence-corrected chi connectivity index (χ2v) is 9.55. The quantitative estimate of drug-likeness (QED) is 0.819. The number of anilines is 1. The Hall–Kier alpha value is -1.27. The molecule has 5 nitrogen and oxygen atoms in total. The van der Waals surface area contributed by atoms with Crippen LogP contribution in [0.4, 0.5) is 5.69 Å². The summed E-state index contributed by atoms with van der Waals surface area (Å²) in [5.41, 5.74) is 0.460. The minimum atomic E-state index is -3.60. The van der Waals surface area contributed by atoms with Crippen molar-refractivity contribution < 1.29 is 13.2 Å². The third-order valence-corrected chi connectivity index (χ3v) is 6.91. The Labute approximate surface area is 154 Å². The number of nitrogens with zero attached hydrogens (tertiary/aromatic N) is 1. The van der Waals surface area contributed by atoms with Gasteiger partial charge in [-0.2, -0.15) is 0 Å². The second kappa shape index (κ2) is 7.16. The van der Waals surface area contributed by atoms with Crippen LogP contribution < -0.4 is 9.62 Å². The first-order valence-electron chi connectivity index (χ1n) is 8.85. The maximum absolute atomic E-state index is 12.9. The van der Waals surface area contributed by atoms with Crippen molar-refractivity contribution in [3.63, 3.8) is 0 Å². The summed E-state index contributed by atoms with van der Waals surface area (Å²) >= 11 is 5.91. The smallest absolute Gasteiger partial charge is 0.244 e. The number of benzene rings is 1. The van der Waals surface area contributed by atoms with Crippen molar-refractivity contribution in [2.45, 2.75) is 51.1 Å². The monoisotopic (exact) mass is 384 g/mol. The predicted octanol–water partition coefficient (Wildman–Crippen LogP) is 3.19. The zero-order chi connectivity index (χ0) is 18.2. The van der Waals surface area contributed by atoms with Gasteiger partial charge >= 0.3 is 0 Å². The van der Waals surface area contributed by atoms with Crippen LogP contribution in [-0.4, -0.2) is 32.7 Å². The highest BCUT2D eigenvalue weighted by Crippen LogP contribution is 2.44. The molecule has 0 aromatic heterocycles. The number of amides is 1. The fourth-order valence-corrected chi connectivity index (χ4v) is 5.69. The van der Waals surface area contributed by atoms with Crippen molar-refractivity contribution in [3.8, 4) is 0 Å². The summed E-state index contributed by atoms with van der Waals surface area (Å²) in [7, 11) is -3.60. The first-order valence-corrected chi connectivity index (χ1v) is 11.1. The minimum Gasteiger partial charge on any atom is -0.351 e. The average Bonchev–Trinajstić information content (AvgIpc) is 3.15. The van der Waals surface area contributed by atoms with Crippen LogP contribution in [0, 0.1) is 11.8 Å². The van der Waals surface area contributed by atoms with Gasteiger partial charge in [0.1, 0.15) is 6.04 Å². The lowest BCUT2D eigenvalue weighted by atomic mass is 9.95. The molecule has 1 N–H and O–H groups in total. The highest BCUT2D eigenvalue weighted by Gasteiger charge is 2.41. The molecule has 3 rings (SSSR count). The van der Waals surface area contributed by atoms with Gasteiger partial charge in [0.25, 0.3) is 0 Å². The molecule has 0 aliphatic heterocycles. The van der Waals surface area contributed by atoms with E-state index in [1.54, 1.807) is 24.3 Å². The van der Waals surface area contributed by atoms with Gasteiger partial charge in [-0.05, 0) is 61.8 Å². The summed E-state index contributed by atoms with van der Waals surface area (Å²) in [5, 5.41) is 3.65. The lowest BCUT2D eigenvalue weighted by molar-refractivity contribution is -0.123. The molecule has 4 atom stereocenters. The van der Waals surface area contributed by atoms with Gasteiger partial charge in [0.05, 0.1) is 11.9 Å². The molecule has 1 aromatic carbocycles. The fourth-order valence-electron chi connectivity index (χ4n) is 4.35. The van der Waals surface area contributed by atoms with E-state index in [-0.39, 0.29) is 11.9 Å². The molecular formula is C18H25ClN2O3S. The molecule has 0 heterocycles. The molecule has 138 valence electrons. The van der Waals surface area contributed by atoms with E-state index in [0.29, 0.717) is 23.0 Å². The Bertz CT molecular complexity index is 735. The van der Waals surface area contributed by atoms with Crippen molar-refractivity contribution in [2.24, 2.45) is 11.8 Å². The number of fused-ring (bicyclic) bond motifs is 2. The molecule has 7 heteroatoms. The molecule has 2 aliphatic rings. The molecule has 2 aliphatic carbocycles. The van der Waals surface area contributed by atoms with Gasteiger partial charge < -0.3 is 5.32 Å².